The Bertz CT molecular complexity index is 1070. The first-order valence-corrected chi connectivity index (χ1v) is 12.1. The molecule has 0 saturated carbocycles. The van der Waals surface area contributed by atoms with Gasteiger partial charge in [0, 0.05) is 25.2 Å². The van der Waals surface area contributed by atoms with Crippen LogP contribution in [0, 0.1) is 6.92 Å². The molecule has 1 heterocycles. The van der Waals surface area contributed by atoms with Crippen LogP contribution in [0.4, 0.5) is 5.69 Å². The Labute approximate surface area is 188 Å². The van der Waals surface area contributed by atoms with Gasteiger partial charge in [0.2, 0.25) is 15.9 Å². The second-order valence-electron chi connectivity index (χ2n) is 7.25. The van der Waals surface area contributed by atoms with Crippen LogP contribution in [0.25, 0.3) is 0 Å². The zero-order valence-electron chi connectivity index (χ0n) is 17.9. The topological polar surface area (TPSA) is 84.9 Å². The number of hydrogen-bond donors (Lipinski definition) is 1. The highest BCUT2D eigenvalue weighted by Gasteiger charge is 2.23. The molecule has 7 nitrogen and oxygen atoms in total. The minimum atomic E-state index is -3.62. The van der Waals surface area contributed by atoms with Crippen LogP contribution >= 0.6 is 11.6 Å². The van der Waals surface area contributed by atoms with E-state index in [0.717, 1.165) is 12.0 Å². The number of aryl methyl sites for hydroxylation is 1. The molecule has 1 N–H and O–H groups in total. The number of benzene rings is 2. The second kappa shape index (κ2) is 9.89. The van der Waals surface area contributed by atoms with Crippen LogP contribution in [0.1, 0.15) is 31.4 Å². The maximum absolute atomic E-state index is 12.8. The van der Waals surface area contributed by atoms with Gasteiger partial charge in [0.05, 0.1) is 29.6 Å². The summed E-state index contributed by atoms with van der Waals surface area (Å²) in [6, 6.07) is 8.18. The Balaban J connectivity index is 1.80. The maximum Gasteiger partial charge on any atom is 0.243 e. The van der Waals surface area contributed by atoms with Gasteiger partial charge in [-0.15, -0.1) is 0 Å². The monoisotopic (exact) mass is 466 g/mol. The fourth-order valence-electron chi connectivity index (χ4n) is 3.37. The van der Waals surface area contributed by atoms with Gasteiger partial charge < -0.3 is 14.8 Å². The van der Waals surface area contributed by atoms with Crippen molar-refractivity contribution >= 4 is 33.2 Å². The van der Waals surface area contributed by atoms with Crippen molar-refractivity contribution < 1.29 is 22.7 Å². The highest BCUT2D eigenvalue weighted by molar-refractivity contribution is 7.89. The molecule has 0 unspecified atom stereocenters. The number of amides is 1. The van der Waals surface area contributed by atoms with Crippen molar-refractivity contribution in [3.8, 4) is 11.5 Å². The number of anilines is 1. The molecule has 1 aliphatic heterocycles. The molecule has 0 spiro atoms. The zero-order chi connectivity index (χ0) is 22.6. The van der Waals surface area contributed by atoms with Crippen LogP contribution in [0.5, 0.6) is 11.5 Å². The maximum atomic E-state index is 12.8. The van der Waals surface area contributed by atoms with Gasteiger partial charge in [0.25, 0.3) is 0 Å². The summed E-state index contributed by atoms with van der Waals surface area (Å²) in [5.74, 6) is 0.732. The molecule has 9 heteroatoms. The van der Waals surface area contributed by atoms with E-state index in [1.807, 2.05) is 6.92 Å². The van der Waals surface area contributed by atoms with Crippen molar-refractivity contribution in [1.82, 2.24) is 4.31 Å². The molecule has 0 aromatic heterocycles. The summed E-state index contributed by atoms with van der Waals surface area (Å²) in [4.78, 5) is 12.9. The molecule has 2 aromatic rings. The number of nitrogens with zero attached hydrogens (tertiary/aromatic N) is 1. The van der Waals surface area contributed by atoms with Crippen molar-refractivity contribution in [3.05, 3.63) is 46.5 Å². The minimum absolute atomic E-state index is 0.0584. The number of carbonyl (C=O) groups excluding carboxylic acids is 1. The molecular weight excluding hydrogens is 440 g/mol. The molecule has 0 aliphatic carbocycles. The van der Waals surface area contributed by atoms with Crippen LogP contribution in [-0.2, 0) is 21.2 Å². The molecule has 168 valence electrons. The fraction of sp³-hybridized carbons (Fsp3) is 0.409. The molecule has 0 saturated heterocycles. The number of rotatable bonds is 7. The van der Waals surface area contributed by atoms with E-state index in [0.29, 0.717) is 54.1 Å². The number of nitrogens with one attached hydrogen (secondary N) is 1. The van der Waals surface area contributed by atoms with Gasteiger partial charge in [-0.25, -0.2) is 8.42 Å². The van der Waals surface area contributed by atoms with Crippen molar-refractivity contribution in [2.75, 3.05) is 31.6 Å². The first kappa shape index (κ1) is 23.4. The molecule has 0 atom stereocenters. The number of sulfonamides is 1. The normalized spacial score (nSPS) is 13.7. The molecule has 1 aliphatic rings. The summed E-state index contributed by atoms with van der Waals surface area (Å²) >= 11 is 6.31. The van der Waals surface area contributed by atoms with E-state index >= 15 is 0 Å². The smallest absolute Gasteiger partial charge is 0.243 e. The molecule has 31 heavy (non-hydrogen) atoms. The Hall–Kier alpha value is -2.29. The summed E-state index contributed by atoms with van der Waals surface area (Å²) in [7, 11) is -3.62. The SMILES string of the molecule is CCN(CC)S(=O)(=O)c1ccc(C)c(NC(=O)Cc2cc(Cl)c3c(c2)OCCCO3)c1. The van der Waals surface area contributed by atoms with E-state index in [4.69, 9.17) is 21.1 Å². The van der Waals surface area contributed by atoms with Crippen LogP contribution in [-0.4, -0.2) is 44.9 Å². The van der Waals surface area contributed by atoms with Crippen molar-refractivity contribution in [2.24, 2.45) is 0 Å². The lowest BCUT2D eigenvalue weighted by atomic mass is 10.1. The molecule has 1 amide bonds. The summed E-state index contributed by atoms with van der Waals surface area (Å²) in [5.41, 5.74) is 1.90. The highest BCUT2D eigenvalue weighted by atomic mass is 35.5. The molecule has 3 rings (SSSR count). The Morgan fingerprint density at radius 1 is 1.13 bits per heavy atom. The molecule has 0 fully saturated rings. The number of carbonyl (C=O) groups is 1. The average molecular weight is 467 g/mol. The largest absolute Gasteiger partial charge is 0.489 e. The predicted molar refractivity (Wildman–Crippen MR) is 121 cm³/mol. The third kappa shape index (κ3) is 5.31. The average Bonchev–Trinajstić information content (AvgIpc) is 2.96. The van der Waals surface area contributed by atoms with E-state index in [1.165, 1.54) is 10.4 Å². The number of hydrogen-bond acceptors (Lipinski definition) is 5. The Kier molecular flexibility index (Phi) is 7.46. The molecule has 0 radical (unpaired) electrons. The van der Waals surface area contributed by atoms with Gasteiger partial charge >= 0.3 is 0 Å². The highest BCUT2D eigenvalue weighted by Crippen LogP contribution is 2.38. The van der Waals surface area contributed by atoms with E-state index in [1.54, 1.807) is 38.1 Å². The summed E-state index contributed by atoms with van der Waals surface area (Å²) in [6.07, 6.45) is 0.815. The Morgan fingerprint density at radius 3 is 2.55 bits per heavy atom. The molecule has 0 bridgehead atoms. The third-order valence-corrected chi connectivity index (χ3v) is 7.38. The van der Waals surface area contributed by atoms with Crippen LogP contribution in [0.15, 0.2) is 35.2 Å². The van der Waals surface area contributed by atoms with Gasteiger partial charge in [0.15, 0.2) is 11.5 Å². The minimum Gasteiger partial charge on any atom is -0.489 e. The summed E-state index contributed by atoms with van der Waals surface area (Å²) in [5, 5.41) is 3.22. The standard InChI is InChI=1S/C22H27ClN2O5S/c1-4-25(5-2)31(27,28)17-8-7-15(3)19(14-17)24-21(26)13-16-11-18(23)22-20(12-16)29-9-6-10-30-22/h7-8,11-12,14H,4-6,9-10,13H2,1-3H3,(H,24,26). The van der Waals surface area contributed by atoms with E-state index in [-0.39, 0.29) is 17.2 Å². The lowest BCUT2D eigenvalue weighted by Gasteiger charge is -2.19. The first-order chi connectivity index (χ1) is 14.8. The zero-order valence-corrected chi connectivity index (χ0v) is 19.5. The lowest BCUT2D eigenvalue weighted by Crippen LogP contribution is -2.30. The van der Waals surface area contributed by atoms with Crippen molar-refractivity contribution in [3.63, 3.8) is 0 Å². The van der Waals surface area contributed by atoms with Gasteiger partial charge in [-0.05, 0) is 42.3 Å². The van der Waals surface area contributed by atoms with Gasteiger partial charge in [0.1, 0.15) is 0 Å². The van der Waals surface area contributed by atoms with E-state index in [2.05, 4.69) is 5.32 Å². The van der Waals surface area contributed by atoms with Crippen LogP contribution in [0.3, 0.4) is 0 Å². The van der Waals surface area contributed by atoms with Crippen LogP contribution < -0.4 is 14.8 Å². The van der Waals surface area contributed by atoms with E-state index in [9.17, 15) is 13.2 Å². The molecular formula is C22H27ClN2O5S. The number of fused-ring (bicyclic) bond motifs is 1. The number of ether oxygens (including phenoxy) is 2. The fourth-order valence-corrected chi connectivity index (χ4v) is 5.15. The predicted octanol–water partition coefficient (Wildman–Crippen LogP) is 4.02. The first-order valence-electron chi connectivity index (χ1n) is 10.2. The van der Waals surface area contributed by atoms with Gasteiger partial charge in [-0.2, -0.15) is 4.31 Å². The summed E-state index contributed by atoms with van der Waals surface area (Å²) in [6.45, 7) is 7.19. The van der Waals surface area contributed by atoms with E-state index < -0.39 is 10.0 Å². The van der Waals surface area contributed by atoms with Crippen molar-refractivity contribution in [1.29, 1.82) is 0 Å². The van der Waals surface area contributed by atoms with Gasteiger partial charge in [-0.1, -0.05) is 31.5 Å². The summed E-state index contributed by atoms with van der Waals surface area (Å²) < 4.78 is 38.3. The van der Waals surface area contributed by atoms with Crippen LogP contribution in [0.2, 0.25) is 5.02 Å². The Morgan fingerprint density at radius 2 is 1.84 bits per heavy atom. The number of halogens is 1. The quantitative estimate of drug-likeness (QED) is 0.666. The third-order valence-electron chi connectivity index (χ3n) is 5.05. The van der Waals surface area contributed by atoms with Gasteiger partial charge in [-0.3, -0.25) is 4.79 Å². The molecule has 2 aromatic carbocycles. The van der Waals surface area contributed by atoms with Crippen molar-refractivity contribution in [2.45, 2.75) is 38.5 Å². The second-order valence-corrected chi connectivity index (χ2v) is 9.59. The lowest BCUT2D eigenvalue weighted by molar-refractivity contribution is -0.115.